The molecule has 1 aromatic rings. The van der Waals surface area contributed by atoms with Crippen LogP contribution in [0.15, 0.2) is 17.3 Å². The zero-order valence-corrected chi connectivity index (χ0v) is 7.52. The summed E-state index contributed by atoms with van der Waals surface area (Å²) in [6.45, 7) is 1.84. The van der Waals surface area contributed by atoms with Gasteiger partial charge in [-0.05, 0) is 29.7 Å². The van der Waals surface area contributed by atoms with Gasteiger partial charge in [0, 0.05) is 0 Å². The van der Waals surface area contributed by atoms with Crippen LogP contribution in [-0.4, -0.2) is 20.3 Å². The molecule has 0 aliphatic heterocycles. The molecule has 0 N–H and O–H groups in total. The van der Waals surface area contributed by atoms with E-state index in [9.17, 15) is 4.55 Å². The molecule has 0 bridgehead atoms. The Hall–Kier alpha value is -0.320. The lowest BCUT2D eigenvalue weighted by Gasteiger charge is -2.05. The number of aromatic nitrogens is 2. The lowest BCUT2D eigenvalue weighted by atomic mass is 10.7. The molecule has 1 aromatic heterocycles. The lowest BCUT2D eigenvalue weighted by Crippen LogP contribution is -2.04. The zero-order valence-electron chi connectivity index (χ0n) is 5.95. The van der Waals surface area contributed by atoms with Gasteiger partial charge < -0.3 is 4.55 Å². The average Bonchev–Trinajstić information content (AvgIpc) is 2.05. The standard InChI is InChI=1S/C6H7ClN2OS/c1-2-11(10)5-3-8-6(7)9-4-5/h3-4H,2H2,1H3. The molecule has 0 aromatic carbocycles. The van der Waals surface area contributed by atoms with Crippen molar-refractivity contribution in [1.29, 1.82) is 0 Å². The molecule has 0 saturated carbocycles. The van der Waals surface area contributed by atoms with Crippen LogP contribution in [-0.2, 0) is 11.2 Å². The second-order valence-electron chi connectivity index (χ2n) is 1.82. The molecular weight excluding hydrogens is 184 g/mol. The van der Waals surface area contributed by atoms with Gasteiger partial charge in [0.2, 0.25) is 5.28 Å². The Morgan fingerprint density at radius 3 is 2.55 bits per heavy atom. The van der Waals surface area contributed by atoms with Crippen molar-refractivity contribution in [1.82, 2.24) is 9.97 Å². The molecule has 3 nitrogen and oxygen atoms in total. The highest BCUT2D eigenvalue weighted by Crippen LogP contribution is 2.08. The lowest BCUT2D eigenvalue weighted by molar-refractivity contribution is 0.595. The van der Waals surface area contributed by atoms with E-state index in [1.807, 2.05) is 6.92 Å². The molecule has 5 heteroatoms. The molecule has 11 heavy (non-hydrogen) atoms. The summed E-state index contributed by atoms with van der Waals surface area (Å²) < 4.78 is 11.1. The van der Waals surface area contributed by atoms with Crippen LogP contribution in [0.25, 0.3) is 0 Å². The van der Waals surface area contributed by atoms with Crippen LogP contribution >= 0.6 is 11.6 Å². The fraction of sp³-hybridized carbons (Fsp3) is 0.333. The SMILES string of the molecule is CC[S+]([O-])c1cnc(Cl)nc1. The van der Waals surface area contributed by atoms with Crippen molar-refractivity contribution in [3.63, 3.8) is 0 Å². The highest BCUT2D eigenvalue weighted by Gasteiger charge is 2.07. The van der Waals surface area contributed by atoms with Gasteiger partial charge in [-0.2, -0.15) is 0 Å². The normalized spacial score (nSPS) is 13.0. The summed E-state index contributed by atoms with van der Waals surface area (Å²) in [6.07, 6.45) is 2.96. The van der Waals surface area contributed by atoms with Gasteiger partial charge in [0.05, 0.1) is 12.4 Å². The van der Waals surface area contributed by atoms with E-state index in [2.05, 4.69) is 9.97 Å². The largest absolute Gasteiger partial charge is 0.611 e. The molecule has 60 valence electrons. The van der Waals surface area contributed by atoms with Gasteiger partial charge in [-0.1, -0.05) is 0 Å². The van der Waals surface area contributed by atoms with E-state index in [4.69, 9.17) is 11.6 Å². The maximum atomic E-state index is 11.1. The van der Waals surface area contributed by atoms with Crippen molar-refractivity contribution in [2.24, 2.45) is 0 Å². The molecule has 1 atom stereocenters. The van der Waals surface area contributed by atoms with E-state index < -0.39 is 11.2 Å². The van der Waals surface area contributed by atoms with Gasteiger partial charge >= 0.3 is 0 Å². The molecule has 0 saturated heterocycles. The fourth-order valence-electron chi connectivity index (χ4n) is 0.585. The van der Waals surface area contributed by atoms with E-state index in [1.165, 1.54) is 12.4 Å². The molecule has 1 unspecified atom stereocenters. The zero-order chi connectivity index (χ0) is 8.27. The van der Waals surface area contributed by atoms with Crippen LogP contribution in [0, 0.1) is 0 Å². The predicted octanol–water partition coefficient (Wildman–Crippen LogP) is 1.26. The van der Waals surface area contributed by atoms with Gasteiger partial charge in [-0.15, -0.1) is 0 Å². The fourth-order valence-corrected chi connectivity index (χ4v) is 1.36. The van der Waals surface area contributed by atoms with Crippen LogP contribution in [0.5, 0.6) is 0 Å². The topological polar surface area (TPSA) is 48.8 Å². The number of hydrogen-bond donors (Lipinski definition) is 0. The van der Waals surface area contributed by atoms with E-state index >= 15 is 0 Å². The maximum absolute atomic E-state index is 11.1. The van der Waals surface area contributed by atoms with Crippen LogP contribution in [0.4, 0.5) is 0 Å². The van der Waals surface area contributed by atoms with Gasteiger partial charge in [-0.3, -0.25) is 0 Å². The molecule has 0 radical (unpaired) electrons. The highest BCUT2D eigenvalue weighted by molar-refractivity contribution is 7.91. The first kappa shape index (κ1) is 8.77. The van der Waals surface area contributed by atoms with Crippen molar-refractivity contribution in [2.45, 2.75) is 11.8 Å². The monoisotopic (exact) mass is 190 g/mol. The summed E-state index contributed by atoms with van der Waals surface area (Å²) in [5.74, 6) is 0.574. The quantitative estimate of drug-likeness (QED) is 0.521. The first-order valence-corrected chi connectivity index (χ1v) is 4.79. The van der Waals surface area contributed by atoms with Crippen LogP contribution in [0.3, 0.4) is 0 Å². The number of halogens is 1. The Kier molecular flexibility index (Phi) is 3.11. The summed E-state index contributed by atoms with van der Waals surface area (Å²) in [6, 6.07) is 0. The van der Waals surface area contributed by atoms with Crippen molar-refractivity contribution in [3.8, 4) is 0 Å². The third-order valence-corrected chi connectivity index (χ3v) is 2.58. The summed E-state index contributed by atoms with van der Waals surface area (Å²) in [4.78, 5) is 8.04. The third kappa shape index (κ3) is 2.32. The van der Waals surface area contributed by atoms with Gasteiger partial charge in [0.25, 0.3) is 0 Å². The minimum absolute atomic E-state index is 0.182. The van der Waals surface area contributed by atoms with Crippen molar-refractivity contribution < 1.29 is 4.55 Å². The minimum Gasteiger partial charge on any atom is -0.611 e. The molecule has 0 spiro atoms. The summed E-state index contributed by atoms with van der Waals surface area (Å²) >= 11 is 4.46. The van der Waals surface area contributed by atoms with Crippen LogP contribution in [0.1, 0.15) is 6.92 Å². The highest BCUT2D eigenvalue weighted by atomic mass is 35.5. The van der Waals surface area contributed by atoms with E-state index in [1.54, 1.807) is 0 Å². The Balaban J connectivity index is 2.81. The van der Waals surface area contributed by atoms with E-state index in [0.717, 1.165) is 0 Å². The van der Waals surface area contributed by atoms with Crippen molar-refractivity contribution >= 4 is 22.8 Å². The molecule has 0 aliphatic rings. The second kappa shape index (κ2) is 3.90. The summed E-state index contributed by atoms with van der Waals surface area (Å²) in [7, 11) is 0. The number of nitrogens with zero attached hydrogens (tertiary/aromatic N) is 2. The average molecular weight is 191 g/mol. The molecule has 1 heterocycles. The van der Waals surface area contributed by atoms with Crippen molar-refractivity contribution in [3.05, 3.63) is 17.7 Å². The van der Waals surface area contributed by atoms with Gasteiger partial charge in [-0.25, -0.2) is 9.97 Å². The number of hydrogen-bond acceptors (Lipinski definition) is 3. The molecule has 1 rings (SSSR count). The first-order chi connectivity index (χ1) is 5.24. The number of rotatable bonds is 2. The van der Waals surface area contributed by atoms with Crippen molar-refractivity contribution in [2.75, 3.05) is 5.75 Å². The molecular formula is C6H7ClN2OS. The first-order valence-electron chi connectivity index (χ1n) is 3.10. The Bertz CT molecular complexity index is 229. The molecule has 0 amide bonds. The second-order valence-corrected chi connectivity index (χ2v) is 3.90. The van der Waals surface area contributed by atoms with E-state index in [0.29, 0.717) is 10.6 Å². The summed E-state index contributed by atoms with van der Waals surface area (Å²) in [5.41, 5.74) is 0. The Labute approximate surface area is 73.0 Å². The van der Waals surface area contributed by atoms with Crippen LogP contribution < -0.4 is 0 Å². The van der Waals surface area contributed by atoms with Gasteiger partial charge in [0.1, 0.15) is 5.75 Å². The molecule has 0 fully saturated rings. The smallest absolute Gasteiger partial charge is 0.222 e. The predicted molar refractivity (Wildman–Crippen MR) is 44.0 cm³/mol. The van der Waals surface area contributed by atoms with Gasteiger partial charge in [0.15, 0.2) is 4.90 Å². The minimum atomic E-state index is -0.982. The molecule has 0 aliphatic carbocycles. The third-order valence-electron chi connectivity index (χ3n) is 1.12. The van der Waals surface area contributed by atoms with E-state index in [-0.39, 0.29) is 5.28 Å². The maximum Gasteiger partial charge on any atom is 0.222 e. The Morgan fingerprint density at radius 1 is 1.55 bits per heavy atom. The Morgan fingerprint density at radius 2 is 2.09 bits per heavy atom. The summed E-state index contributed by atoms with van der Waals surface area (Å²) in [5, 5.41) is 0.182. The van der Waals surface area contributed by atoms with Crippen LogP contribution in [0.2, 0.25) is 5.28 Å².